The quantitative estimate of drug-likeness (QED) is 0.529. The van der Waals surface area contributed by atoms with Crippen molar-refractivity contribution in [3.8, 4) is 0 Å². The van der Waals surface area contributed by atoms with Crippen molar-refractivity contribution in [3.63, 3.8) is 0 Å². The first-order valence-corrected chi connectivity index (χ1v) is 8.65. The van der Waals surface area contributed by atoms with E-state index in [4.69, 9.17) is 4.74 Å². The summed E-state index contributed by atoms with van der Waals surface area (Å²) in [5.74, 6) is -0.269. The lowest BCUT2D eigenvalue weighted by molar-refractivity contribution is -0.157. The van der Waals surface area contributed by atoms with E-state index in [1.807, 2.05) is 7.05 Å². The molecule has 0 radical (unpaired) electrons. The number of hydrogen-bond acceptors (Lipinski definition) is 5. The highest BCUT2D eigenvalue weighted by molar-refractivity contribution is 9.07. The van der Waals surface area contributed by atoms with Gasteiger partial charge in [-0.05, 0) is 32.7 Å². The monoisotopic (exact) mass is 373 g/mol. The van der Waals surface area contributed by atoms with Gasteiger partial charge in [0.2, 0.25) is 5.91 Å². The molecule has 0 bridgehead atoms. The number of amides is 1. The van der Waals surface area contributed by atoms with Crippen LogP contribution in [-0.2, 0) is 14.3 Å². The first-order chi connectivity index (χ1) is 10.5. The SMILES string of the molecule is CCOC(=O)C(C1CCCCC1)N1N=C(CN(C)Br)CC1=O. The molecule has 1 amide bonds. The largest absolute Gasteiger partial charge is 0.464 e. The summed E-state index contributed by atoms with van der Waals surface area (Å²) in [7, 11) is 1.86. The molecule has 1 aliphatic heterocycles. The number of carbonyl (C=O) groups is 2. The van der Waals surface area contributed by atoms with Gasteiger partial charge >= 0.3 is 5.97 Å². The van der Waals surface area contributed by atoms with Crippen molar-refractivity contribution >= 4 is 33.7 Å². The third-order valence-electron chi connectivity index (χ3n) is 4.15. The fraction of sp³-hybridized carbons (Fsp3) is 0.800. The Hall–Kier alpha value is -0.950. The number of halogens is 1. The number of carbonyl (C=O) groups excluding carboxylic acids is 2. The maximum absolute atomic E-state index is 12.4. The fourth-order valence-corrected chi connectivity index (χ4v) is 3.51. The van der Waals surface area contributed by atoms with E-state index in [-0.39, 0.29) is 24.2 Å². The van der Waals surface area contributed by atoms with Gasteiger partial charge in [-0.15, -0.1) is 0 Å². The van der Waals surface area contributed by atoms with Gasteiger partial charge in [0.1, 0.15) is 0 Å². The molecule has 1 heterocycles. The average Bonchev–Trinajstić information content (AvgIpc) is 2.80. The minimum atomic E-state index is -0.564. The molecular weight excluding hydrogens is 350 g/mol. The van der Waals surface area contributed by atoms with Crippen molar-refractivity contribution in [2.45, 2.75) is 51.5 Å². The average molecular weight is 374 g/mol. The lowest BCUT2D eigenvalue weighted by atomic mass is 9.83. The van der Waals surface area contributed by atoms with Crippen LogP contribution >= 0.6 is 16.1 Å². The zero-order valence-electron chi connectivity index (χ0n) is 13.3. The normalized spacial score (nSPS) is 21.2. The first kappa shape index (κ1) is 17.4. The summed E-state index contributed by atoms with van der Waals surface area (Å²) < 4.78 is 7.01. The summed E-state index contributed by atoms with van der Waals surface area (Å²) in [5, 5.41) is 5.80. The van der Waals surface area contributed by atoms with Crippen LogP contribution in [0.5, 0.6) is 0 Å². The lowest BCUT2D eigenvalue weighted by Gasteiger charge is -2.32. The Morgan fingerprint density at radius 2 is 2.14 bits per heavy atom. The van der Waals surface area contributed by atoms with Crippen molar-refractivity contribution in [2.24, 2.45) is 11.0 Å². The fourth-order valence-electron chi connectivity index (χ4n) is 3.22. The number of esters is 1. The van der Waals surface area contributed by atoms with E-state index in [1.165, 1.54) is 11.4 Å². The molecule has 2 rings (SSSR count). The van der Waals surface area contributed by atoms with Crippen molar-refractivity contribution in [2.75, 3.05) is 20.2 Å². The summed E-state index contributed by atoms with van der Waals surface area (Å²) in [4.78, 5) is 24.7. The van der Waals surface area contributed by atoms with Gasteiger partial charge in [-0.3, -0.25) is 4.79 Å². The maximum atomic E-state index is 12.4. The Bertz CT molecular complexity index is 447. The Morgan fingerprint density at radius 3 is 2.73 bits per heavy atom. The van der Waals surface area contributed by atoms with Crippen LogP contribution in [0, 0.1) is 5.92 Å². The van der Waals surface area contributed by atoms with E-state index in [2.05, 4.69) is 21.2 Å². The van der Waals surface area contributed by atoms with Crippen LogP contribution in [0.3, 0.4) is 0 Å². The van der Waals surface area contributed by atoms with Gasteiger partial charge in [0, 0.05) is 22.7 Å². The van der Waals surface area contributed by atoms with Crippen molar-refractivity contribution < 1.29 is 14.3 Å². The van der Waals surface area contributed by atoms with Crippen LogP contribution < -0.4 is 0 Å². The topological polar surface area (TPSA) is 62.2 Å². The standard InChI is InChI=1S/C15H24BrN3O3/c1-3-22-15(21)14(11-7-5-4-6-8-11)19-13(20)9-12(17-19)10-18(2)16/h11,14H,3-10H2,1-2H3. The van der Waals surface area contributed by atoms with Gasteiger partial charge in [-0.2, -0.15) is 5.10 Å². The Kier molecular flexibility index (Phi) is 6.37. The van der Waals surface area contributed by atoms with E-state index >= 15 is 0 Å². The first-order valence-electron chi connectivity index (χ1n) is 7.95. The number of rotatable bonds is 6. The van der Waals surface area contributed by atoms with Crippen LogP contribution in [-0.4, -0.2) is 52.8 Å². The Morgan fingerprint density at radius 1 is 1.45 bits per heavy atom. The van der Waals surface area contributed by atoms with Gasteiger partial charge in [0.25, 0.3) is 0 Å². The number of hydrazone groups is 1. The zero-order chi connectivity index (χ0) is 16.1. The third-order valence-corrected chi connectivity index (χ3v) is 4.40. The maximum Gasteiger partial charge on any atom is 0.331 e. The second-order valence-electron chi connectivity index (χ2n) is 5.94. The van der Waals surface area contributed by atoms with E-state index in [9.17, 15) is 9.59 Å². The van der Waals surface area contributed by atoms with E-state index in [0.717, 1.165) is 31.4 Å². The molecule has 0 saturated heterocycles. The molecule has 7 heteroatoms. The Labute approximate surface area is 140 Å². The van der Waals surface area contributed by atoms with Crippen molar-refractivity contribution in [1.29, 1.82) is 0 Å². The minimum absolute atomic E-state index is 0.104. The Balaban J connectivity index is 2.18. The molecule has 0 spiro atoms. The summed E-state index contributed by atoms with van der Waals surface area (Å²) in [6, 6.07) is -0.564. The third kappa shape index (κ3) is 4.29. The van der Waals surface area contributed by atoms with E-state index in [1.54, 1.807) is 10.8 Å². The molecule has 1 unspecified atom stereocenters. The molecule has 1 atom stereocenters. The highest BCUT2D eigenvalue weighted by Crippen LogP contribution is 2.31. The van der Waals surface area contributed by atoms with Gasteiger partial charge in [0.05, 0.1) is 18.7 Å². The van der Waals surface area contributed by atoms with Gasteiger partial charge in [0.15, 0.2) is 6.04 Å². The summed E-state index contributed by atoms with van der Waals surface area (Å²) >= 11 is 3.32. The molecule has 22 heavy (non-hydrogen) atoms. The molecule has 0 aromatic carbocycles. The molecule has 2 aliphatic rings. The van der Waals surface area contributed by atoms with Crippen molar-refractivity contribution in [3.05, 3.63) is 0 Å². The summed E-state index contributed by atoms with van der Waals surface area (Å²) in [5.41, 5.74) is 0.773. The number of ether oxygens (including phenoxy) is 1. The van der Waals surface area contributed by atoms with Crippen LogP contribution in [0.1, 0.15) is 45.4 Å². The molecule has 1 aliphatic carbocycles. The van der Waals surface area contributed by atoms with E-state index in [0.29, 0.717) is 13.2 Å². The number of hydrogen-bond donors (Lipinski definition) is 0. The summed E-state index contributed by atoms with van der Waals surface area (Å²) in [6.07, 6.45) is 5.58. The molecular formula is C15H24BrN3O3. The van der Waals surface area contributed by atoms with Gasteiger partial charge in [-0.1, -0.05) is 19.3 Å². The molecule has 124 valence electrons. The second kappa shape index (κ2) is 8.06. The van der Waals surface area contributed by atoms with Crippen LogP contribution in [0.4, 0.5) is 0 Å². The van der Waals surface area contributed by atoms with Crippen LogP contribution in [0.15, 0.2) is 5.10 Å². The molecule has 0 N–H and O–H groups in total. The summed E-state index contributed by atoms with van der Waals surface area (Å²) in [6.45, 7) is 2.67. The van der Waals surface area contributed by atoms with Crippen LogP contribution in [0.25, 0.3) is 0 Å². The molecule has 1 saturated carbocycles. The highest BCUT2D eigenvalue weighted by atomic mass is 79.9. The molecule has 0 aromatic rings. The van der Waals surface area contributed by atoms with E-state index < -0.39 is 6.04 Å². The van der Waals surface area contributed by atoms with Gasteiger partial charge in [-0.25, -0.2) is 13.7 Å². The van der Waals surface area contributed by atoms with Crippen molar-refractivity contribution in [1.82, 2.24) is 8.93 Å². The molecule has 6 nitrogen and oxygen atoms in total. The lowest BCUT2D eigenvalue weighted by Crippen LogP contribution is -2.46. The smallest absolute Gasteiger partial charge is 0.331 e. The van der Waals surface area contributed by atoms with Gasteiger partial charge < -0.3 is 4.74 Å². The molecule has 1 fully saturated rings. The predicted octanol–water partition coefficient (Wildman–Crippen LogP) is 2.33. The molecule has 0 aromatic heterocycles. The minimum Gasteiger partial charge on any atom is -0.464 e. The number of nitrogens with zero attached hydrogens (tertiary/aromatic N) is 3. The zero-order valence-corrected chi connectivity index (χ0v) is 14.8. The second-order valence-corrected chi connectivity index (χ2v) is 7.15. The van der Waals surface area contributed by atoms with Crippen LogP contribution in [0.2, 0.25) is 0 Å². The highest BCUT2D eigenvalue weighted by Gasteiger charge is 2.41. The predicted molar refractivity (Wildman–Crippen MR) is 87.5 cm³/mol.